The number of rotatable bonds is 4. The molecule has 28 heavy (non-hydrogen) atoms. The number of thioether (sulfide) groups is 1. The van der Waals surface area contributed by atoms with E-state index in [9.17, 15) is 4.21 Å². The molecule has 0 aliphatic rings. The number of fused-ring (bicyclic) bond motifs is 2. The Labute approximate surface area is 170 Å². The summed E-state index contributed by atoms with van der Waals surface area (Å²) in [6.45, 7) is 10.3. The van der Waals surface area contributed by atoms with Gasteiger partial charge >= 0.3 is 0 Å². The van der Waals surface area contributed by atoms with Gasteiger partial charge in [0.2, 0.25) is 0 Å². The maximum absolute atomic E-state index is 13.1. The first kappa shape index (κ1) is 19.1. The van der Waals surface area contributed by atoms with Gasteiger partial charge < -0.3 is 0 Å². The van der Waals surface area contributed by atoms with E-state index in [-0.39, 0.29) is 0 Å². The second kappa shape index (κ2) is 7.00. The Morgan fingerprint density at radius 3 is 2.50 bits per heavy atom. The second-order valence-electron chi connectivity index (χ2n) is 6.87. The molecule has 0 amide bonds. The van der Waals surface area contributed by atoms with E-state index in [1.807, 2.05) is 31.6 Å². The topological polar surface area (TPSA) is 65.1 Å². The van der Waals surface area contributed by atoms with Crippen LogP contribution in [-0.4, -0.2) is 40.6 Å². The summed E-state index contributed by atoms with van der Waals surface area (Å²) in [6.07, 6.45) is 5.66. The molecule has 0 aliphatic heterocycles. The molecule has 4 rings (SSSR count). The van der Waals surface area contributed by atoms with Gasteiger partial charge in [-0.05, 0) is 62.3 Å². The molecule has 0 N–H and O–H groups in total. The summed E-state index contributed by atoms with van der Waals surface area (Å²) in [6, 6.07) is 1.99. The van der Waals surface area contributed by atoms with Gasteiger partial charge in [-0.15, -0.1) is 11.8 Å². The normalized spacial score (nSPS) is 12.9. The van der Waals surface area contributed by atoms with Crippen molar-refractivity contribution in [3.8, 4) is 5.82 Å². The second-order valence-corrected chi connectivity index (χ2v) is 9.41. The van der Waals surface area contributed by atoms with Crippen molar-refractivity contribution in [3.05, 3.63) is 40.7 Å². The summed E-state index contributed by atoms with van der Waals surface area (Å²) in [5.41, 5.74) is 6.35. The molecule has 6 nitrogen and oxygen atoms in total. The van der Waals surface area contributed by atoms with Crippen LogP contribution < -0.4 is 0 Å². The molecule has 0 bridgehead atoms. The summed E-state index contributed by atoms with van der Waals surface area (Å²) in [5, 5.41) is 11.0. The van der Waals surface area contributed by atoms with Crippen LogP contribution in [0.2, 0.25) is 0 Å². The van der Waals surface area contributed by atoms with E-state index in [1.54, 1.807) is 21.0 Å². The quantitative estimate of drug-likeness (QED) is 0.470. The first-order valence-corrected chi connectivity index (χ1v) is 11.7. The SMILES string of the molecule is CCS(=O)c1c2c(C)c(C)c(C)c(C)c2nn1-c1cn2ncc(SC)cc2n1. The van der Waals surface area contributed by atoms with E-state index in [2.05, 4.69) is 32.8 Å². The number of hydrogen-bond acceptors (Lipinski definition) is 5. The summed E-state index contributed by atoms with van der Waals surface area (Å²) in [5.74, 6) is 1.15. The van der Waals surface area contributed by atoms with Gasteiger partial charge in [0.25, 0.3) is 0 Å². The zero-order valence-electron chi connectivity index (χ0n) is 16.9. The zero-order chi connectivity index (χ0) is 20.2. The van der Waals surface area contributed by atoms with E-state index < -0.39 is 10.8 Å². The molecule has 0 saturated carbocycles. The number of hydrogen-bond donors (Lipinski definition) is 0. The highest BCUT2D eigenvalue weighted by molar-refractivity contribution is 7.98. The Morgan fingerprint density at radius 2 is 1.82 bits per heavy atom. The zero-order valence-corrected chi connectivity index (χ0v) is 18.5. The van der Waals surface area contributed by atoms with E-state index in [1.165, 1.54) is 11.1 Å². The van der Waals surface area contributed by atoms with Crippen LogP contribution in [0.3, 0.4) is 0 Å². The van der Waals surface area contributed by atoms with Crippen LogP contribution in [0.1, 0.15) is 29.2 Å². The smallest absolute Gasteiger partial charge is 0.175 e. The molecule has 3 aromatic heterocycles. The average molecular weight is 414 g/mol. The van der Waals surface area contributed by atoms with Crippen LogP contribution in [0.25, 0.3) is 22.4 Å². The van der Waals surface area contributed by atoms with Crippen molar-refractivity contribution >= 4 is 39.1 Å². The molecule has 146 valence electrons. The van der Waals surface area contributed by atoms with Gasteiger partial charge in [0.05, 0.1) is 28.7 Å². The van der Waals surface area contributed by atoms with E-state index in [0.29, 0.717) is 11.6 Å². The van der Waals surface area contributed by atoms with Gasteiger partial charge in [-0.25, -0.2) is 14.2 Å². The third-order valence-electron chi connectivity index (χ3n) is 5.47. The van der Waals surface area contributed by atoms with Gasteiger partial charge in [-0.2, -0.15) is 10.2 Å². The minimum Gasteiger partial charge on any atom is -0.253 e. The highest BCUT2D eigenvalue weighted by Gasteiger charge is 2.24. The van der Waals surface area contributed by atoms with Gasteiger partial charge in [-0.1, -0.05) is 6.92 Å². The highest BCUT2D eigenvalue weighted by atomic mass is 32.2. The van der Waals surface area contributed by atoms with Crippen molar-refractivity contribution in [1.82, 2.24) is 24.4 Å². The van der Waals surface area contributed by atoms with Crippen LogP contribution >= 0.6 is 11.8 Å². The van der Waals surface area contributed by atoms with Crippen molar-refractivity contribution in [2.24, 2.45) is 0 Å². The van der Waals surface area contributed by atoms with Crippen LogP contribution in [0.15, 0.2) is 28.4 Å². The third-order valence-corrected chi connectivity index (χ3v) is 7.50. The first-order valence-electron chi connectivity index (χ1n) is 9.14. The summed E-state index contributed by atoms with van der Waals surface area (Å²) >= 11 is 1.62. The van der Waals surface area contributed by atoms with E-state index >= 15 is 0 Å². The lowest BCUT2D eigenvalue weighted by atomic mass is 9.96. The minimum atomic E-state index is -1.18. The Balaban J connectivity index is 2.08. The summed E-state index contributed by atoms with van der Waals surface area (Å²) in [7, 11) is -1.18. The van der Waals surface area contributed by atoms with Crippen molar-refractivity contribution < 1.29 is 4.21 Å². The molecule has 3 heterocycles. The number of aryl methyl sites for hydroxylation is 2. The van der Waals surface area contributed by atoms with Crippen LogP contribution in [0.5, 0.6) is 0 Å². The number of nitrogens with zero attached hydrogens (tertiary/aromatic N) is 5. The van der Waals surface area contributed by atoms with Crippen LogP contribution in [0, 0.1) is 27.7 Å². The third kappa shape index (κ3) is 2.78. The predicted octanol–water partition coefficient (Wildman–Crippen LogP) is 4.15. The molecule has 0 radical (unpaired) electrons. The van der Waals surface area contributed by atoms with Gasteiger partial charge in [0, 0.05) is 16.0 Å². The number of benzene rings is 1. The monoisotopic (exact) mass is 413 g/mol. The molecule has 1 atom stereocenters. The molecule has 4 aromatic rings. The maximum Gasteiger partial charge on any atom is 0.175 e. The van der Waals surface area contributed by atoms with Crippen molar-refractivity contribution in [2.75, 3.05) is 12.0 Å². The molecule has 8 heteroatoms. The fourth-order valence-electron chi connectivity index (χ4n) is 3.49. The van der Waals surface area contributed by atoms with Gasteiger partial charge in [-0.3, -0.25) is 4.21 Å². The Kier molecular flexibility index (Phi) is 4.79. The molecule has 0 spiro atoms. The summed E-state index contributed by atoms with van der Waals surface area (Å²) < 4.78 is 16.5. The standard InChI is InChI=1S/C20H23N5OS2/c1-7-28(26)20-18-13(4)11(2)12(3)14(5)19(18)23-25(20)17-10-24-16(22-17)8-15(27-6)9-21-24/h8-10H,7H2,1-6H3. The Morgan fingerprint density at radius 1 is 1.11 bits per heavy atom. The van der Waals surface area contributed by atoms with Crippen molar-refractivity contribution in [1.29, 1.82) is 0 Å². The minimum absolute atomic E-state index is 0.522. The van der Waals surface area contributed by atoms with Crippen LogP contribution in [0.4, 0.5) is 0 Å². The first-order chi connectivity index (χ1) is 13.4. The average Bonchev–Trinajstić information content (AvgIpc) is 3.30. The number of imidazole rings is 1. The van der Waals surface area contributed by atoms with Gasteiger partial charge in [0.1, 0.15) is 5.03 Å². The Hall–Kier alpha value is -2.19. The molecule has 0 saturated heterocycles. The molecular weight excluding hydrogens is 390 g/mol. The lowest BCUT2D eigenvalue weighted by molar-refractivity contribution is 0.673. The van der Waals surface area contributed by atoms with Crippen LogP contribution in [-0.2, 0) is 10.8 Å². The molecule has 1 aromatic carbocycles. The lowest BCUT2D eigenvalue weighted by Gasteiger charge is -2.10. The molecule has 1 unspecified atom stereocenters. The summed E-state index contributed by atoms with van der Waals surface area (Å²) in [4.78, 5) is 5.77. The van der Waals surface area contributed by atoms with Gasteiger partial charge in [0.15, 0.2) is 11.5 Å². The van der Waals surface area contributed by atoms with Crippen molar-refractivity contribution in [3.63, 3.8) is 0 Å². The largest absolute Gasteiger partial charge is 0.253 e. The fraction of sp³-hybridized carbons (Fsp3) is 0.350. The maximum atomic E-state index is 13.1. The van der Waals surface area contributed by atoms with E-state index in [4.69, 9.17) is 10.1 Å². The van der Waals surface area contributed by atoms with Crippen molar-refractivity contribution in [2.45, 2.75) is 44.5 Å². The van der Waals surface area contributed by atoms with E-state index in [0.717, 1.165) is 37.6 Å². The number of aromatic nitrogens is 5. The molecule has 0 fully saturated rings. The molecule has 0 aliphatic carbocycles. The fourth-order valence-corrected chi connectivity index (χ4v) is 4.95. The predicted molar refractivity (Wildman–Crippen MR) is 115 cm³/mol. The lowest BCUT2D eigenvalue weighted by Crippen LogP contribution is -2.06. The Bertz CT molecular complexity index is 1260. The molecular formula is C20H23N5OS2. The highest BCUT2D eigenvalue weighted by Crippen LogP contribution is 2.34.